The lowest BCUT2D eigenvalue weighted by Crippen LogP contribution is -2.48. The second-order valence-electron chi connectivity index (χ2n) is 6.43. The lowest BCUT2D eigenvalue weighted by atomic mass is 10.1. The number of nitrogens with one attached hydrogen (secondary N) is 1. The molecule has 0 spiro atoms. The average molecular weight is 425 g/mol. The van der Waals surface area contributed by atoms with Crippen LogP contribution in [0.1, 0.15) is 18.9 Å². The number of halogens is 1. The van der Waals surface area contributed by atoms with Gasteiger partial charge in [-0.2, -0.15) is 0 Å². The average Bonchev–Trinajstić information content (AvgIpc) is 2.65. The highest BCUT2D eigenvalue weighted by molar-refractivity contribution is 7.92. The first-order valence-corrected chi connectivity index (χ1v) is 11.1. The summed E-state index contributed by atoms with van der Waals surface area (Å²) in [5.74, 6) is 0.0577. The molecule has 152 valence electrons. The Morgan fingerprint density at radius 2 is 1.89 bits per heavy atom. The van der Waals surface area contributed by atoms with E-state index in [4.69, 9.17) is 16.3 Å². The molecule has 0 radical (unpaired) electrons. The number of rotatable bonds is 9. The Hall–Kier alpha value is -2.25. The molecule has 0 bridgehead atoms. The summed E-state index contributed by atoms with van der Waals surface area (Å²) in [5, 5.41) is 3.08. The standard InChI is InChI=1S/C20H25ClN2O4S/c1-15(20(24)22-13-7-10-16-8-5-4-6-9-16)23(28(3,25)26)17-11-12-19(27-2)18(21)14-17/h4-6,8-9,11-12,14-15H,7,10,13H2,1-3H3,(H,22,24)/t15-/m0/s1. The van der Waals surface area contributed by atoms with Crippen molar-refractivity contribution in [1.29, 1.82) is 0 Å². The highest BCUT2D eigenvalue weighted by atomic mass is 35.5. The molecule has 28 heavy (non-hydrogen) atoms. The van der Waals surface area contributed by atoms with Gasteiger partial charge in [0.1, 0.15) is 11.8 Å². The van der Waals surface area contributed by atoms with E-state index < -0.39 is 16.1 Å². The zero-order valence-electron chi connectivity index (χ0n) is 16.2. The van der Waals surface area contributed by atoms with E-state index in [1.54, 1.807) is 19.1 Å². The lowest BCUT2D eigenvalue weighted by Gasteiger charge is -2.28. The van der Waals surface area contributed by atoms with Crippen molar-refractivity contribution in [3.05, 3.63) is 59.1 Å². The molecule has 0 fully saturated rings. The van der Waals surface area contributed by atoms with E-state index in [2.05, 4.69) is 5.32 Å². The van der Waals surface area contributed by atoms with E-state index in [0.717, 1.165) is 23.4 Å². The molecule has 1 amide bonds. The maximum Gasteiger partial charge on any atom is 0.243 e. The molecule has 0 heterocycles. The molecule has 0 saturated carbocycles. The summed E-state index contributed by atoms with van der Waals surface area (Å²) in [4.78, 5) is 12.5. The summed E-state index contributed by atoms with van der Waals surface area (Å²) in [6, 6.07) is 13.6. The number of methoxy groups -OCH3 is 1. The van der Waals surface area contributed by atoms with Gasteiger partial charge in [0.05, 0.1) is 24.1 Å². The number of aryl methyl sites for hydroxylation is 1. The second-order valence-corrected chi connectivity index (χ2v) is 8.70. The van der Waals surface area contributed by atoms with E-state index in [1.165, 1.54) is 18.7 Å². The van der Waals surface area contributed by atoms with Crippen molar-refractivity contribution in [3.63, 3.8) is 0 Å². The van der Waals surface area contributed by atoms with E-state index >= 15 is 0 Å². The number of benzene rings is 2. The molecule has 2 aromatic rings. The number of sulfonamides is 1. The van der Waals surface area contributed by atoms with Gasteiger partial charge in [-0.15, -0.1) is 0 Å². The highest BCUT2D eigenvalue weighted by Gasteiger charge is 2.29. The Morgan fingerprint density at radius 1 is 1.21 bits per heavy atom. The van der Waals surface area contributed by atoms with Crippen LogP contribution in [0.4, 0.5) is 5.69 Å². The molecule has 8 heteroatoms. The third-order valence-electron chi connectivity index (χ3n) is 4.26. The maximum atomic E-state index is 12.5. The molecule has 0 unspecified atom stereocenters. The minimum absolute atomic E-state index is 0.268. The number of carbonyl (C=O) groups is 1. The van der Waals surface area contributed by atoms with Gasteiger partial charge in [-0.1, -0.05) is 41.9 Å². The molecule has 6 nitrogen and oxygen atoms in total. The fourth-order valence-corrected chi connectivity index (χ4v) is 4.32. The largest absolute Gasteiger partial charge is 0.495 e. The number of amides is 1. The summed E-state index contributed by atoms with van der Waals surface area (Å²) < 4.78 is 30.8. The molecular formula is C20H25ClN2O4S. The van der Waals surface area contributed by atoms with Crippen LogP contribution in [0.15, 0.2) is 48.5 Å². The van der Waals surface area contributed by atoms with Crippen LogP contribution in [0, 0.1) is 0 Å². The van der Waals surface area contributed by atoms with Gasteiger partial charge in [-0.3, -0.25) is 9.10 Å². The maximum absolute atomic E-state index is 12.5. The van der Waals surface area contributed by atoms with Gasteiger partial charge in [0.25, 0.3) is 0 Å². The molecule has 2 rings (SSSR count). The van der Waals surface area contributed by atoms with Gasteiger partial charge >= 0.3 is 0 Å². The van der Waals surface area contributed by atoms with Crippen molar-refractivity contribution in [2.24, 2.45) is 0 Å². The number of hydrogen-bond acceptors (Lipinski definition) is 4. The first kappa shape index (κ1) is 22.0. The summed E-state index contributed by atoms with van der Waals surface area (Å²) >= 11 is 6.12. The third-order valence-corrected chi connectivity index (χ3v) is 5.80. The van der Waals surface area contributed by atoms with Crippen molar-refractivity contribution in [3.8, 4) is 5.75 Å². The summed E-state index contributed by atoms with van der Waals surface area (Å²) in [7, 11) is -2.23. The summed E-state index contributed by atoms with van der Waals surface area (Å²) in [6.45, 7) is 2.00. The van der Waals surface area contributed by atoms with Crippen LogP contribution in [0.25, 0.3) is 0 Å². The lowest BCUT2D eigenvalue weighted by molar-refractivity contribution is -0.121. The van der Waals surface area contributed by atoms with Crippen LogP contribution in [0.2, 0.25) is 5.02 Å². The Bertz CT molecular complexity index is 904. The molecule has 0 aliphatic rings. The second kappa shape index (κ2) is 9.80. The normalized spacial score (nSPS) is 12.3. The van der Waals surface area contributed by atoms with E-state index in [0.29, 0.717) is 18.0 Å². The van der Waals surface area contributed by atoms with E-state index in [9.17, 15) is 13.2 Å². The van der Waals surface area contributed by atoms with Gasteiger partial charge in [-0.25, -0.2) is 8.42 Å². The van der Waals surface area contributed by atoms with Crippen molar-refractivity contribution in [1.82, 2.24) is 5.32 Å². The molecule has 0 aromatic heterocycles. The highest BCUT2D eigenvalue weighted by Crippen LogP contribution is 2.31. The van der Waals surface area contributed by atoms with Gasteiger partial charge in [0, 0.05) is 6.54 Å². The zero-order chi connectivity index (χ0) is 20.7. The van der Waals surface area contributed by atoms with Crippen molar-refractivity contribution < 1.29 is 17.9 Å². The minimum atomic E-state index is -3.70. The molecule has 0 aliphatic carbocycles. The predicted octanol–water partition coefficient (Wildman–Crippen LogP) is 3.25. The number of nitrogens with zero attached hydrogens (tertiary/aromatic N) is 1. The number of anilines is 1. The van der Waals surface area contributed by atoms with Crippen LogP contribution in [0.3, 0.4) is 0 Å². The van der Waals surface area contributed by atoms with Crippen LogP contribution in [-0.4, -0.2) is 40.3 Å². The molecule has 2 aromatic carbocycles. The van der Waals surface area contributed by atoms with Crippen molar-refractivity contribution in [2.45, 2.75) is 25.8 Å². The van der Waals surface area contributed by atoms with E-state index in [1.807, 2.05) is 30.3 Å². The quantitative estimate of drug-likeness (QED) is 0.627. The fraction of sp³-hybridized carbons (Fsp3) is 0.350. The monoisotopic (exact) mass is 424 g/mol. The van der Waals surface area contributed by atoms with Gasteiger partial charge in [0.15, 0.2) is 0 Å². The molecule has 1 atom stereocenters. The first-order valence-electron chi connectivity index (χ1n) is 8.88. The SMILES string of the molecule is COc1ccc(N([C@@H](C)C(=O)NCCCc2ccccc2)S(C)(=O)=O)cc1Cl. The van der Waals surface area contributed by atoms with Crippen molar-refractivity contribution >= 4 is 33.2 Å². The number of hydrogen-bond donors (Lipinski definition) is 1. The Morgan fingerprint density at radius 3 is 2.46 bits per heavy atom. The minimum Gasteiger partial charge on any atom is -0.495 e. The van der Waals surface area contributed by atoms with Gasteiger partial charge < -0.3 is 10.1 Å². The first-order chi connectivity index (χ1) is 13.2. The topological polar surface area (TPSA) is 75.7 Å². The molecule has 0 aliphatic heterocycles. The third kappa shape index (κ3) is 5.87. The summed E-state index contributed by atoms with van der Waals surface area (Å²) in [6.07, 6.45) is 2.65. The van der Waals surface area contributed by atoms with Gasteiger partial charge in [-0.05, 0) is 43.5 Å². The fourth-order valence-electron chi connectivity index (χ4n) is 2.90. The smallest absolute Gasteiger partial charge is 0.243 e. The molecule has 1 N–H and O–H groups in total. The molecular weight excluding hydrogens is 400 g/mol. The number of ether oxygens (including phenoxy) is 1. The Labute approximate surface area is 171 Å². The van der Waals surface area contributed by atoms with Crippen molar-refractivity contribution in [2.75, 3.05) is 24.2 Å². The van der Waals surface area contributed by atoms with Crippen LogP contribution >= 0.6 is 11.6 Å². The zero-order valence-corrected chi connectivity index (χ0v) is 17.8. The Kier molecular flexibility index (Phi) is 7.71. The molecule has 0 saturated heterocycles. The summed E-state index contributed by atoms with van der Waals surface area (Å²) in [5.41, 5.74) is 1.50. The van der Waals surface area contributed by atoms with Gasteiger partial charge in [0.2, 0.25) is 15.9 Å². The van der Waals surface area contributed by atoms with Crippen LogP contribution in [-0.2, 0) is 21.2 Å². The van der Waals surface area contributed by atoms with E-state index in [-0.39, 0.29) is 10.9 Å². The van der Waals surface area contributed by atoms with Crippen LogP contribution in [0.5, 0.6) is 5.75 Å². The van der Waals surface area contributed by atoms with Crippen LogP contribution < -0.4 is 14.4 Å². The number of carbonyl (C=O) groups excluding carboxylic acids is 1. The Balaban J connectivity index is 2.05. The predicted molar refractivity (Wildman–Crippen MR) is 113 cm³/mol.